The zero-order valence-corrected chi connectivity index (χ0v) is 6.80. The Bertz CT molecular complexity index is 155. The Morgan fingerprint density at radius 3 is 2.50 bits per heavy atom. The maximum absolute atomic E-state index is 9.75. The second kappa shape index (κ2) is 1.76. The molecule has 4 atom stereocenters. The van der Waals surface area contributed by atoms with E-state index in [1.165, 1.54) is 19.3 Å². The minimum absolute atomic E-state index is 0.00810. The van der Waals surface area contributed by atoms with Gasteiger partial charge in [0.1, 0.15) is 0 Å². The smallest absolute Gasteiger partial charge is 0.0622 e. The van der Waals surface area contributed by atoms with Gasteiger partial charge in [0.15, 0.2) is 0 Å². The molecule has 0 radical (unpaired) electrons. The summed E-state index contributed by atoms with van der Waals surface area (Å²) in [4.78, 5) is 0. The molecule has 10 heavy (non-hydrogen) atoms. The Labute approximate surface area is 62.4 Å². The lowest BCUT2D eigenvalue weighted by Gasteiger charge is -2.30. The third-order valence-electron chi connectivity index (χ3n) is 3.77. The van der Waals surface area contributed by atoms with E-state index in [1.54, 1.807) is 0 Å². The van der Waals surface area contributed by atoms with E-state index in [1.807, 2.05) is 0 Å². The monoisotopic (exact) mass is 140 g/mol. The Morgan fingerprint density at radius 1 is 1.50 bits per heavy atom. The molecule has 2 bridgehead atoms. The summed E-state index contributed by atoms with van der Waals surface area (Å²) in [6.07, 6.45) is 3.87. The summed E-state index contributed by atoms with van der Waals surface area (Å²) in [6, 6.07) is 0. The van der Waals surface area contributed by atoms with Crippen LogP contribution in [0.5, 0.6) is 0 Å². The van der Waals surface area contributed by atoms with Crippen molar-refractivity contribution in [1.29, 1.82) is 0 Å². The maximum atomic E-state index is 9.75. The molecule has 0 spiro atoms. The molecule has 0 aromatic heterocycles. The van der Waals surface area contributed by atoms with E-state index in [9.17, 15) is 5.11 Å². The second-order valence-corrected chi connectivity index (χ2v) is 4.46. The molecular weight excluding hydrogens is 124 g/mol. The highest BCUT2D eigenvalue weighted by Gasteiger charge is 2.52. The summed E-state index contributed by atoms with van der Waals surface area (Å²) >= 11 is 0. The lowest BCUT2D eigenvalue weighted by Crippen LogP contribution is -2.32. The molecule has 0 heterocycles. The molecule has 4 unspecified atom stereocenters. The van der Waals surface area contributed by atoms with E-state index in [2.05, 4.69) is 13.8 Å². The fourth-order valence-electron chi connectivity index (χ4n) is 2.93. The van der Waals surface area contributed by atoms with Gasteiger partial charge in [-0.3, -0.25) is 0 Å². The molecule has 2 aliphatic carbocycles. The lowest BCUT2D eigenvalue weighted by atomic mass is 9.79. The van der Waals surface area contributed by atoms with Gasteiger partial charge < -0.3 is 5.11 Å². The Morgan fingerprint density at radius 2 is 2.20 bits per heavy atom. The van der Waals surface area contributed by atoms with Crippen LogP contribution < -0.4 is 0 Å². The van der Waals surface area contributed by atoms with Crippen LogP contribution >= 0.6 is 0 Å². The molecule has 1 nitrogen and oxygen atoms in total. The molecule has 1 heteroatoms. The van der Waals surface area contributed by atoms with Crippen molar-refractivity contribution in [3.8, 4) is 0 Å². The largest absolute Gasteiger partial charge is 0.392 e. The predicted octanol–water partition coefficient (Wildman–Crippen LogP) is 1.80. The highest BCUT2D eigenvalue weighted by Crippen LogP contribution is 2.56. The van der Waals surface area contributed by atoms with Gasteiger partial charge in [0.2, 0.25) is 0 Å². The third kappa shape index (κ3) is 0.619. The van der Waals surface area contributed by atoms with Crippen LogP contribution in [0.2, 0.25) is 0 Å². The van der Waals surface area contributed by atoms with Gasteiger partial charge in [-0.1, -0.05) is 13.8 Å². The number of aliphatic hydroxyl groups excluding tert-OH is 1. The molecule has 1 N–H and O–H groups in total. The standard InChI is InChI=1S/C9H16O/c1-6-7-3-4-9(2,5-7)8(6)10/h6-8,10H,3-5H2,1-2H3. The van der Waals surface area contributed by atoms with E-state index in [0.717, 1.165) is 5.92 Å². The first kappa shape index (κ1) is 6.66. The Balaban J connectivity index is 2.25. The van der Waals surface area contributed by atoms with Crippen molar-refractivity contribution < 1.29 is 5.11 Å². The van der Waals surface area contributed by atoms with Gasteiger partial charge in [0.25, 0.3) is 0 Å². The van der Waals surface area contributed by atoms with Crippen molar-refractivity contribution in [1.82, 2.24) is 0 Å². The fraction of sp³-hybridized carbons (Fsp3) is 1.00. The van der Waals surface area contributed by atoms with Crippen molar-refractivity contribution in [2.24, 2.45) is 17.3 Å². The van der Waals surface area contributed by atoms with Crippen LogP contribution in [0, 0.1) is 17.3 Å². The minimum Gasteiger partial charge on any atom is -0.392 e. The highest BCUT2D eigenvalue weighted by molar-refractivity contribution is 5.02. The first-order valence-corrected chi connectivity index (χ1v) is 4.31. The number of fused-ring (bicyclic) bond motifs is 2. The third-order valence-corrected chi connectivity index (χ3v) is 3.77. The molecule has 0 aliphatic heterocycles. The molecule has 2 saturated carbocycles. The maximum Gasteiger partial charge on any atom is 0.0622 e. The minimum atomic E-state index is -0.00810. The van der Waals surface area contributed by atoms with Crippen molar-refractivity contribution >= 4 is 0 Å². The summed E-state index contributed by atoms with van der Waals surface area (Å²) in [7, 11) is 0. The van der Waals surface area contributed by atoms with Gasteiger partial charge in [-0.05, 0) is 36.5 Å². The van der Waals surface area contributed by atoms with E-state index >= 15 is 0 Å². The molecule has 2 rings (SSSR count). The lowest BCUT2D eigenvalue weighted by molar-refractivity contribution is 0.0172. The topological polar surface area (TPSA) is 20.2 Å². The van der Waals surface area contributed by atoms with Gasteiger partial charge >= 0.3 is 0 Å². The number of hydrogen-bond acceptors (Lipinski definition) is 1. The first-order valence-electron chi connectivity index (χ1n) is 4.31. The van der Waals surface area contributed by atoms with Gasteiger partial charge in [-0.2, -0.15) is 0 Å². The Kier molecular flexibility index (Phi) is 1.17. The number of rotatable bonds is 0. The summed E-state index contributed by atoms with van der Waals surface area (Å²) in [5, 5.41) is 9.75. The van der Waals surface area contributed by atoms with Crippen LogP contribution in [-0.4, -0.2) is 11.2 Å². The average molecular weight is 140 g/mol. The van der Waals surface area contributed by atoms with Crippen molar-refractivity contribution in [2.45, 2.75) is 39.2 Å². The summed E-state index contributed by atoms with van der Waals surface area (Å²) in [6.45, 7) is 4.43. The average Bonchev–Trinajstić information content (AvgIpc) is 2.35. The van der Waals surface area contributed by atoms with Crippen LogP contribution in [0.1, 0.15) is 33.1 Å². The van der Waals surface area contributed by atoms with Gasteiger partial charge in [-0.25, -0.2) is 0 Å². The zero-order valence-electron chi connectivity index (χ0n) is 6.80. The van der Waals surface area contributed by atoms with Gasteiger partial charge in [-0.15, -0.1) is 0 Å². The first-order chi connectivity index (χ1) is 4.63. The van der Waals surface area contributed by atoms with Crippen LogP contribution in [0.4, 0.5) is 0 Å². The molecule has 0 amide bonds. The summed E-state index contributed by atoms with van der Waals surface area (Å²) in [5.74, 6) is 1.40. The van der Waals surface area contributed by atoms with Crippen molar-refractivity contribution in [3.63, 3.8) is 0 Å². The van der Waals surface area contributed by atoms with Crippen molar-refractivity contribution in [3.05, 3.63) is 0 Å². The number of aliphatic hydroxyl groups is 1. The molecule has 0 aromatic carbocycles. The highest BCUT2D eigenvalue weighted by atomic mass is 16.3. The molecule has 0 saturated heterocycles. The summed E-state index contributed by atoms with van der Waals surface area (Å²) in [5.41, 5.74) is 0.296. The number of hydrogen-bond donors (Lipinski definition) is 1. The van der Waals surface area contributed by atoms with Crippen LogP contribution in [0.25, 0.3) is 0 Å². The zero-order chi connectivity index (χ0) is 7.35. The van der Waals surface area contributed by atoms with Crippen LogP contribution in [0.15, 0.2) is 0 Å². The fourth-order valence-corrected chi connectivity index (χ4v) is 2.93. The van der Waals surface area contributed by atoms with Crippen LogP contribution in [-0.2, 0) is 0 Å². The SMILES string of the molecule is CC1C2CCC(C)(C2)C1O. The normalized spacial score (nSPS) is 59.7. The van der Waals surface area contributed by atoms with Gasteiger partial charge in [0.05, 0.1) is 6.10 Å². The van der Waals surface area contributed by atoms with E-state index < -0.39 is 0 Å². The summed E-state index contributed by atoms with van der Waals surface area (Å²) < 4.78 is 0. The van der Waals surface area contributed by atoms with E-state index in [4.69, 9.17) is 0 Å². The molecule has 0 aromatic rings. The molecule has 58 valence electrons. The second-order valence-electron chi connectivity index (χ2n) is 4.46. The van der Waals surface area contributed by atoms with E-state index in [-0.39, 0.29) is 6.10 Å². The quantitative estimate of drug-likeness (QED) is 0.544. The van der Waals surface area contributed by atoms with Crippen LogP contribution in [0.3, 0.4) is 0 Å². The molecular formula is C9H16O. The van der Waals surface area contributed by atoms with Gasteiger partial charge in [0, 0.05) is 0 Å². The molecule has 2 fully saturated rings. The van der Waals surface area contributed by atoms with Crippen molar-refractivity contribution in [2.75, 3.05) is 0 Å². The molecule has 2 aliphatic rings. The Hall–Kier alpha value is -0.0400. The predicted molar refractivity (Wildman–Crippen MR) is 40.6 cm³/mol. The van der Waals surface area contributed by atoms with E-state index in [0.29, 0.717) is 11.3 Å².